The third-order valence-electron chi connectivity index (χ3n) is 2.67. The lowest BCUT2D eigenvalue weighted by atomic mass is 10.1. The number of hydrogen-bond acceptors (Lipinski definition) is 3. The molecule has 2 aromatic rings. The number of ether oxygens (including phenoxy) is 2. The quantitative estimate of drug-likeness (QED) is 0.754. The van der Waals surface area contributed by atoms with E-state index in [9.17, 15) is 4.79 Å². The Morgan fingerprint density at radius 3 is 2.10 bits per heavy atom. The molecule has 20 heavy (non-hydrogen) atoms. The molecule has 0 bridgehead atoms. The first kappa shape index (κ1) is 14.4. The molecule has 0 radical (unpaired) electrons. The van der Waals surface area contributed by atoms with Gasteiger partial charge in [0, 0.05) is 10.6 Å². The van der Waals surface area contributed by atoms with Crippen molar-refractivity contribution in [3.63, 3.8) is 0 Å². The molecule has 0 unspecified atom stereocenters. The topological polar surface area (TPSA) is 35.5 Å². The van der Waals surface area contributed by atoms with Crippen molar-refractivity contribution in [1.29, 1.82) is 0 Å². The van der Waals surface area contributed by atoms with Crippen LogP contribution in [0.25, 0.3) is 0 Å². The van der Waals surface area contributed by atoms with Gasteiger partial charge in [0.15, 0.2) is 12.4 Å². The number of Topliss-reactive ketones (excluding diaryl/α,β-unsaturated/α-hetero) is 1. The highest BCUT2D eigenvalue weighted by Gasteiger charge is 2.07. The number of halogens is 1. The maximum Gasteiger partial charge on any atom is 0.200 e. The van der Waals surface area contributed by atoms with Crippen LogP contribution >= 0.6 is 11.6 Å². The minimum Gasteiger partial charge on any atom is -0.494 e. The summed E-state index contributed by atoms with van der Waals surface area (Å²) in [5.41, 5.74) is 0.599. The maximum absolute atomic E-state index is 12.0. The van der Waals surface area contributed by atoms with Crippen LogP contribution in [0.2, 0.25) is 5.02 Å². The summed E-state index contributed by atoms with van der Waals surface area (Å²) in [6.45, 7) is 2.52. The standard InChI is InChI=1S/C16H15ClO3/c1-2-19-14-7-3-12(4-8-14)16(18)11-20-15-9-5-13(17)6-10-15/h3-10H,2,11H2,1H3. The lowest BCUT2D eigenvalue weighted by Gasteiger charge is -2.07. The van der Waals surface area contributed by atoms with Gasteiger partial charge in [-0.2, -0.15) is 0 Å². The van der Waals surface area contributed by atoms with Gasteiger partial charge >= 0.3 is 0 Å². The molecule has 0 amide bonds. The van der Waals surface area contributed by atoms with E-state index in [2.05, 4.69) is 0 Å². The lowest BCUT2D eigenvalue weighted by molar-refractivity contribution is 0.0921. The molecule has 0 N–H and O–H groups in total. The van der Waals surface area contributed by atoms with E-state index in [0.717, 1.165) is 5.75 Å². The Hall–Kier alpha value is -2.00. The van der Waals surface area contributed by atoms with E-state index in [-0.39, 0.29) is 12.4 Å². The van der Waals surface area contributed by atoms with Gasteiger partial charge in [-0.05, 0) is 55.5 Å². The average Bonchev–Trinajstić information content (AvgIpc) is 2.47. The first-order valence-electron chi connectivity index (χ1n) is 6.33. The summed E-state index contributed by atoms with van der Waals surface area (Å²) in [4.78, 5) is 12.0. The van der Waals surface area contributed by atoms with E-state index in [1.54, 1.807) is 48.5 Å². The second-order valence-corrected chi connectivity index (χ2v) is 4.56. The number of benzene rings is 2. The van der Waals surface area contributed by atoms with Gasteiger partial charge in [0.25, 0.3) is 0 Å². The minimum absolute atomic E-state index is 0.00435. The van der Waals surface area contributed by atoms with Gasteiger partial charge in [-0.1, -0.05) is 11.6 Å². The highest BCUT2D eigenvalue weighted by molar-refractivity contribution is 6.30. The minimum atomic E-state index is -0.0806. The number of carbonyl (C=O) groups excluding carboxylic acids is 1. The van der Waals surface area contributed by atoms with Gasteiger partial charge in [0.05, 0.1) is 6.61 Å². The van der Waals surface area contributed by atoms with Crippen LogP contribution in [0.1, 0.15) is 17.3 Å². The Morgan fingerprint density at radius 2 is 1.50 bits per heavy atom. The summed E-state index contributed by atoms with van der Waals surface area (Å²) in [6, 6.07) is 13.9. The molecule has 0 aliphatic heterocycles. The van der Waals surface area contributed by atoms with Crippen LogP contribution in [-0.2, 0) is 0 Å². The highest BCUT2D eigenvalue weighted by atomic mass is 35.5. The average molecular weight is 291 g/mol. The zero-order chi connectivity index (χ0) is 14.4. The van der Waals surface area contributed by atoms with Crippen molar-refractivity contribution in [3.05, 3.63) is 59.1 Å². The number of hydrogen-bond donors (Lipinski definition) is 0. The van der Waals surface area contributed by atoms with Gasteiger partial charge in [-0.25, -0.2) is 0 Å². The zero-order valence-corrected chi connectivity index (χ0v) is 11.9. The molecule has 2 rings (SSSR count). The van der Waals surface area contributed by atoms with Crippen molar-refractivity contribution >= 4 is 17.4 Å². The predicted molar refractivity (Wildman–Crippen MR) is 78.9 cm³/mol. The van der Waals surface area contributed by atoms with E-state index < -0.39 is 0 Å². The van der Waals surface area contributed by atoms with Crippen molar-refractivity contribution in [2.24, 2.45) is 0 Å². The van der Waals surface area contributed by atoms with Crippen LogP contribution in [0.5, 0.6) is 11.5 Å². The number of carbonyl (C=O) groups is 1. The summed E-state index contributed by atoms with van der Waals surface area (Å²) < 4.78 is 10.7. The third kappa shape index (κ3) is 4.00. The Balaban J connectivity index is 1.92. The number of rotatable bonds is 6. The predicted octanol–water partition coefficient (Wildman–Crippen LogP) is 4.00. The smallest absolute Gasteiger partial charge is 0.200 e. The van der Waals surface area contributed by atoms with Crippen molar-refractivity contribution in [2.75, 3.05) is 13.2 Å². The molecule has 104 valence electrons. The van der Waals surface area contributed by atoms with Crippen molar-refractivity contribution < 1.29 is 14.3 Å². The van der Waals surface area contributed by atoms with Crippen LogP contribution in [0.4, 0.5) is 0 Å². The van der Waals surface area contributed by atoms with Gasteiger partial charge in [0.2, 0.25) is 0 Å². The molecule has 3 nitrogen and oxygen atoms in total. The molecular formula is C16H15ClO3. The lowest BCUT2D eigenvalue weighted by Crippen LogP contribution is -2.11. The third-order valence-corrected chi connectivity index (χ3v) is 2.92. The van der Waals surface area contributed by atoms with Crippen LogP contribution in [0, 0.1) is 0 Å². The monoisotopic (exact) mass is 290 g/mol. The molecule has 0 atom stereocenters. The first-order valence-corrected chi connectivity index (χ1v) is 6.71. The van der Waals surface area contributed by atoms with Gasteiger partial charge < -0.3 is 9.47 Å². The van der Waals surface area contributed by atoms with Crippen LogP contribution < -0.4 is 9.47 Å². The molecule has 0 aliphatic carbocycles. The van der Waals surface area contributed by atoms with Gasteiger partial charge in [-0.3, -0.25) is 4.79 Å². The summed E-state index contributed by atoms with van der Waals surface area (Å²) >= 11 is 5.78. The second kappa shape index (κ2) is 6.96. The SMILES string of the molecule is CCOc1ccc(C(=O)COc2ccc(Cl)cc2)cc1. The summed E-state index contributed by atoms with van der Waals surface area (Å²) in [5.74, 6) is 1.29. The Labute approximate surface area is 123 Å². The normalized spacial score (nSPS) is 10.1. The van der Waals surface area contributed by atoms with Crippen molar-refractivity contribution in [2.45, 2.75) is 6.92 Å². The fourth-order valence-corrected chi connectivity index (χ4v) is 1.79. The molecule has 0 fully saturated rings. The molecular weight excluding hydrogens is 276 g/mol. The summed E-state index contributed by atoms with van der Waals surface area (Å²) in [7, 11) is 0. The Morgan fingerprint density at radius 1 is 0.950 bits per heavy atom. The Bertz CT molecular complexity index is 561. The van der Waals surface area contributed by atoms with Gasteiger partial charge in [-0.15, -0.1) is 0 Å². The zero-order valence-electron chi connectivity index (χ0n) is 11.1. The van der Waals surface area contributed by atoms with E-state index in [1.165, 1.54) is 0 Å². The van der Waals surface area contributed by atoms with E-state index in [4.69, 9.17) is 21.1 Å². The molecule has 2 aromatic carbocycles. The fraction of sp³-hybridized carbons (Fsp3) is 0.188. The second-order valence-electron chi connectivity index (χ2n) is 4.12. The summed E-state index contributed by atoms with van der Waals surface area (Å²) in [6.07, 6.45) is 0. The molecule has 4 heteroatoms. The van der Waals surface area contributed by atoms with E-state index in [1.807, 2.05) is 6.92 Å². The van der Waals surface area contributed by atoms with E-state index >= 15 is 0 Å². The maximum atomic E-state index is 12.0. The van der Waals surface area contributed by atoms with Crippen LogP contribution in [0.3, 0.4) is 0 Å². The Kier molecular flexibility index (Phi) is 5.02. The van der Waals surface area contributed by atoms with E-state index in [0.29, 0.717) is 22.9 Å². The highest BCUT2D eigenvalue weighted by Crippen LogP contribution is 2.16. The molecule has 0 spiro atoms. The first-order chi connectivity index (χ1) is 9.69. The summed E-state index contributed by atoms with van der Waals surface area (Å²) in [5, 5.41) is 0.634. The number of ketones is 1. The van der Waals surface area contributed by atoms with Crippen molar-refractivity contribution in [3.8, 4) is 11.5 Å². The largest absolute Gasteiger partial charge is 0.494 e. The molecule has 0 saturated carbocycles. The van der Waals surface area contributed by atoms with Gasteiger partial charge in [0.1, 0.15) is 11.5 Å². The van der Waals surface area contributed by atoms with Crippen LogP contribution in [-0.4, -0.2) is 19.0 Å². The molecule has 0 heterocycles. The molecule has 0 aromatic heterocycles. The fourth-order valence-electron chi connectivity index (χ4n) is 1.67. The van der Waals surface area contributed by atoms with Crippen LogP contribution in [0.15, 0.2) is 48.5 Å². The molecule has 0 aliphatic rings. The van der Waals surface area contributed by atoms with Crippen molar-refractivity contribution in [1.82, 2.24) is 0 Å². The molecule has 0 saturated heterocycles.